The molecule has 0 unspecified atom stereocenters. The van der Waals surface area contributed by atoms with Crippen LogP contribution in [-0.4, -0.2) is 46.5 Å². The van der Waals surface area contributed by atoms with Crippen LogP contribution in [0.1, 0.15) is 49.2 Å². The van der Waals surface area contributed by atoms with Crippen LogP contribution < -0.4 is 16.2 Å². The number of nitrogens with one attached hydrogen (secondary N) is 2. The first-order valence-corrected chi connectivity index (χ1v) is 12.7. The molecule has 10 heteroatoms. The summed E-state index contributed by atoms with van der Waals surface area (Å²) in [5.41, 5.74) is -0.534. The van der Waals surface area contributed by atoms with Crippen LogP contribution >= 0.6 is 0 Å². The van der Waals surface area contributed by atoms with Crippen LogP contribution in [0, 0.1) is 0 Å². The monoisotopic (exact) mass is 549 g/mol. The number of amides is 2. The van der Waals surface area contributed by atoms with E-state index in [2.05, 4.69) is 10.6 Å². The first-order chi connectivity index (χ1) is 19.0. The number of halogens is 1. The molecule has 2 aromatic carbocycles. The van der Waals surface area contributed by atoms with E-state index < -0.39 is 59.9 Å². The molecule has 3 aromatic rings. The Morgan fingerprint density at radius 1 is 0.925 bits per heavy atom. The molecule has 0 aliphatic carbocycles. The number of esters is 1. The fourth-order valence-electron chi connectivity index (χ4n) is 3.95. The summed E-state index contributed by atoms with van der Waals surface area (Å²) in [7, 11) is 0. The van der Waals surface area contributed by atoms with Crippen LogP contribution in [0.4, 0.5) is 10.1 Å². The van der Waals surface area contributed by atoms with E-state index in [1.54, 1.807) is 81.4 Å². The lowest BCUT2D eigenvalue weighted by Crippen LogP contribution is -2.48. The summed E-state index contributed by atoms with van der Waals surface area (Å²) >= 11 is 0. The second-order valence-corrected chi connectivity index (χ2v) is 10.1. The Hall–Kier alpha value is -4.60. The number of aromatic nitrogens is 1. The maximum atomic E-state index is 13.6. The summed E-state index contributed by atoms with van der Waals surface area (Å²) < 4.78 is 19.7. The van der Waals surface area contributed by atoms with Crippen molar-refractivity contribution in [3.8, 4) is 0 Å². The number of Topliss-reactive ketones (excluding diaryl/α,β-unsaturated/α-hetero) is 1. The summed E-state index contributed by atoms with van der Waals surface area (Å²) in [6, 6.07) is 17.4. The second-order valence-electron chi connectivity index (χ2n) is 10.1. The number of pyridine rings is 1. The Balaban J connectivity index is 1.93. The summed E-state index contributed by atoms with van der Waals surface area (Å²) in [5.74, 6) is -3.09. The molecule has 1 aromatic heterocycles. The minimum atomic E-state index is -1.50. The van der Waals surface area contributed by atoms with Crippen molar-refractivity contribution in [2.24, 2.45) is 0 Å². The Bertz CT molecular complexity index is 1400. The van der Waals surface area contributed by atoms with Crippen molar-refractivity contribution < 1.29 is 28.3 Å². The first kappa shape index (κ1) is 29.9. The zero-order valence-corrected chi connectivity index (χ0v) is 22.6. The van der Waals surface area contributed by atoms with Gasteiger partial charge in [-0.3, -0.25) is 24.0 Å². The average molecular weight is 550 g/mol. The number of hydrogen-bond acceptors (Lipinski definition) is 6. The molecule has 210 valence electrons. The Kier molecular flexibility index (Phi) is 10.1. The lowest BCUT2D eigenvalue weighted by molar-refractivity contribution is -0.156. The maximum absolute atomic E-state index is 13.6. The molecule has 9 nitrogen and oxygen atoms in total. The molecule has 0 aliphatic heterocycles. The van der Waals surface area contributed by atoms with Crippen LogP contribution in [0.25, 0.3) is 0 Å². The number of carbonyl (C=O) groups excluding carboxylic acids is 4. The Labute approximate surface area is 231 Å². The Morgan fingerprint density at radius 2 is 1.55 bits per heavy atom. The topological polar surface area (TPSA) is 124 Å². The third kappa shape index (κ3) is 8.45. The van der Waals surface area contributed by atoms with Crippen LogP contribution in [0.2, 0.25) is 0 Å². The third-order valence-corrected chi connectivity index (χ3v) is 5.80. The van der Waals surface area contributed by atoms with Gasteiger partial charge in [0.2, 0.25) is 5.91 Å². The Morgan fingerprint density at radius 3 is 2.15 bits per heavy atom. The fraction of sp³-hybridized carbons (Fsp3) is 0.300. The standard InChI is InChI=1S/C30H32FN3O6/c1-30(2,3)40-26(36)18-23(25(35)19-31)33-28(38)24(17-20-11-6-4-7-12-20)34-16-10-15-22(29(34)39)32-27(37)21-13-8-5-9-14-21/h4-16,23-24H,17-19H2,1-3H3,(H,32,37)(H,33,38)/t23-,24-/m0/s1. The van der Waals surface area contributed by atoms with Crippen molar-refractivity contribution >= 4 is 29.3 Å². The number of carbonyl (C=O) groups is 4. The van der Waals surface area contributed by atoms with Crippen LogP contribution in [0.15, 0.2) is 83.8 Å². The van der Waals surface area contributed by atoms with Gasteiger partial charge in [-0.1, -0.05) is 48.5 Å². The fourth-order valence-corrected chi connectivity index (χ4v) is 3.95. The molecule has 1 heterocycles. The summed E-state index contributed by atoms with van der Waals surface area (Å²) in [5, 5.41) is 5.01. The highest BCUT2D eigenvalue weighted by Crippen LogP contribution is 2.17. The third-order valence-electron chi connectivity index (χ3n) is 5.80. The number of rotatable bonds is 11. The second kappa shape index (κ2) is 13.5. The van der Waals surface area contributed by atoms with Gasteiger partial charge >= 0.3 is 5.97 Å². The molecule has 0 fully saturated rings. The van der Waals surface area contributed by atoms with E-state index in [4.69, 9.17) is 4.74 Å². The number of anilines is 1. The SMILES string of the molecule is CC(C)(C)OC(=O)C[C@H](NC(=O)[C@H](Cc1ccccc1)n1cccc(NC(=O)c2ccccc2)c1=O)C(=O)CF. The number of ketones is 1. The predicted octanol–water partition coefficient (Wildman–Crippen LogP) is 3.64. The van der Waals surface area contributed by atoms with Gasteiger partial charge < -0.3 is 19.9 Å². The number of benzene rings is 2. The molecule has 2 N–H and O–H groups in total. The van der Waals surface area contributed by atoms with Gasteiger partial charge in [0.15, 0.2) is 5.78 Å². The molecule has 3 rings (SSSR count). The summed E-state index contributed by atoms with van der Waals surface area (Å²) in [6.45, 7) is 3.52. The normalized spacial score (nSPS) is 12.6. The molecule has 0 radical (unpaired) electrons. The van der Waals surface area contributed by atoms with Gasteiger partial charge in [-0.15, -0.1) is 0 Å². The van der Waals surface area contributed by atoms with Gasteiger partial charge in [0.1, 0.15) is 30.0 Å². The molecule has 2 amide bonds. The van der Waals surface area contributed by atoms with Crippen LogP contribution in [0.3, 0.4) is 0 Å². The van der Waals surface area contributed by atoms with E-state index in [0.717, 1.165) is 4.57 Å². The van der Waals surface area contributed by atoms with Crippen molar-refractivity contribution in [2.75, 3.05) is 12.0 Å². The number of ether oxygens (including phenoxy) is 1. The smallest absolute Gasteiger partial charge is 0.308 e. The average Bonchev–Trinajstić information content (AvgIpc) is 2.92. The van der Waals surface area contributed by atoms with Gasteiger partial charge in [-0.05, 0) is 50.6 Å². The lowest BCUT2D eigenvalue weighted by atomic mass is 10.0. The zero-order valence-electron chi connectivity index (χ0n) is 22.6. The van der Waals surface area contributed by atoms with E-state index in [0.29, 0.717) is 11.1 Å². The van der Waals surface area contributed by atoms with Crippen molar-refractivity contribution in [3.05, 3.63) is 100 Å². The minimum absolute atomic E-state index is 0.0334. The van der Waals surface area contributed by atoms with E-state index in [9.17, 15) is 28.4 Å². The van der Waals surface area contributed by atoms with Crippen molar-refractivity contribution in [1.82, 2.24) is 9.88 Å². The molecule has 0 saturated heterocycles. The number of alkyl halides is 1. The quantitative estimate of drug-likeness (QED) is 0.352. The van der Waals surface area contributed by atoms with Gasteiger partial charge in [0.05, 0.1) is 6.42 Å². The highest BCUT2D eigenvalue weighted by Gasteiger charge is 2.31. The van der Waals surface area contributed by atoms with Gasteiger partial charge in [-0.25, -0.2) is 4.39 Å². The van der Waals surface area contributed by atoms with Crippen LogP contribution in [0.5, 0.6) is 0 Å². The molecule has 0 saturated carbocycles. The lowest BCUT2D eigenvalue weighted by Gasteiger charge is -2.25. The molecule has 2 atom stereocenters. The largest absolute Gasteiger partial charge is 0.460 e. The summed E-state index contributed by atoms with van der Waals surface area (Å²) in [6.07, 6.45) is 0.838. The predicted molar refractivity (Wildman–Crippen MR) is 148 cm³/mol. The molecule has 0 spiro atoms. The molecule has 0 aliphatic rings. The van der Waals surface area contributed by atoms with E-state index in [1.807, 2.05) is 0 Å². The molecule has 40 heavy (non-hydrogen) atoms. The number of nitrogens with zero attached hydrogens (tertiary/aromatic N) is 1. The summed E-state index contributed by atoms with van der Waals surface area (Å²) in [4.78, 5) is 64.4. The van der Waals surface area contributed by atoms with Crippen molar-refractivity contribution in [3.63, 3.8) is 0 Å². The van der Waals surface area contributed by atoms with E-state index >= 15 is 0 Å². The van der Waals surface area contributed by atoms with Gasteiger partial charge in [-0.2, -0.15) is 0 Å². The maximum Gasteiger partial charge on any atom is 0.308 e. The minimum Gasteiger partial charge on any atom is -0.460 e. The molecule has 0 bridgehead atoms. The highest BCUT2D eigenvalue weighted by molar-refractivity contribution is 6.04. The first-order valence-electron chi connectivity index (χ1n) is 12.7. The highest BCUT2D eigenvalue weighted by atomic mass is 19.1. The van der Waals surface area contributed by atoms with Gasteiger partial charge in [0.25, 0.3) is 11.5 Å². The number of hydrogen-bond donors (Lipinski definition) is 2. The molecular formula is C30H32FN3O6. The molecular weight excluding hydrogens is 517 g/mol. The van der Waals surface area contributed by atoms with Crippen molar-refractivity contribution in [2.45, 2.75) is 51.3 Å². The van der Waals surface area contributed by atoms with E-state index in [1.165, 1.54) is 18.3 Å². The zero-order chi connectivity index (χ0) is 29.3. The van der Waals surface area contributed by atoms with Gasteiger partial charge in [0, 0.05) is 18.2 Å². The van der Waals surface area contributed by atoms with E-state index in [-0.39, 0.29) is 12.1 Å². The van der Waals surface area contributed by atoms with Crippen molar-refractivity contribution in [1.29, 1.82) is 0 Å². The van der Waals surface area contributed by atoms with Crippen LogP contribution in [-0.2, 0) is 25.5 Å².